The van der Waals surface area contributed by atoms with E-state index >= 15 is 0 Å². The summed E-state index contributed by atoms with van der Waals surface area (Å²) in [6.45, 7) is 6.08. The Balaban J connectivity index is 1.83. The Hall–Kier alpha value is -0.120. The van der Waals surface area contributed by atoms with Gasteiger partial charge in [0.05, 0.1) is 0 Å². The molecule has 2 N–H and O–H groups in total. The maximum atomic E-state index is 5.70. The molecule has 3 nitrogen and oxygen atoms in total. The number of rotatable bonds is 3. The number of likely N-dealkylation sites (tertiary alicyclic amines) is 2. The predicted octanol–water partition coefficient (Wildman–Crippen LogP) is 1.53. The zero-order chi connectivity index (χ0) is 12.1. The number of hydrogen-bond donors (Lipinski definition) is 1. The molecule has 0 bridgehead atoms. The van der Waals surface area contributed by atoms with E-state index in [0.717, 1.165) is 18.5 Å². The van der Waals surface area contributed by atoms with Gasteiger partial charge in [0.25, 0.3) is 0 Å². The van der Waals surface area contributed by atoms with Crippen molar-refractivity contribution in [1.29, 1.82) is 0 Å². The molecule has 2 aliphatic heterocycles. The van der Waals surface area contributed by atoms with Crippen molar-refractivity contribution in [2.24, 2.45) is 11.7 Å². The highest BCUT2D eigenvalue weighted by Gasteiger charge is 2.26. The van der Waals surface area contributed by atoms with Crippen molar-refractivity contribution < 1.29 is 0 Å². The van der Waals surface area contributed by atoms with E-state index in [1.165, 1.54) is 64.7 Å². The van der Waals surface area contributed by atoms with Gasteiger partial charge in [-0.15, -0.1) is 0 Å². The van der Waals surface area contributed by atoms with Crippen LogP contribution in [0.3, 0.4) is 0 Å². The predicted molar refractivity (Wildman–Crippen MR) is 73.1 cm³/mol. The molecule has 3 heteroatoms. The molecule has 0 aromatic carbocycles. The second-order valence-electron chi connectivity index (χ2n) is 5.97. The smallest absolute Gasteiger partial charge is 0.0108 e. The molecule has 2 unspecified atom stereocenters. The zero-order valence-electron chi connectivity index (χ0n) is 11.4. The third kappa shape index (κ3) is 3.94. The molecule has 2 aliphatic rings. The lowest BCUT2D eigenvalue weighted by atomic mass is 9.92. The number of hydrogen-bond acceptors (Lipinski definition) is 3. The van der Waals surface area contributed by atoms with E-state index in [-0.39, 0.29) is 0 Å². The van der Waals surface area contributed by atoms with Crippen LogP contribution in [0, 0.1) is 5.92 Å². The molecule has 0 spiro atoms. The maximum absolute atomic E-state index is 5.70. The van der Waals surface area contributed by atoms with Crippen LogP contribution in [-0.2, 0) is 0 Å². The number of nitrogens with two attached hydrogens (primary N) is 1. The highest BCUT2D eigenvalue weighted by atomic mass is 15.2. The lowest BCUT2D eigenvalue weighted by Gasteiger charge is -2.38. The monoisotopic (exact) mass is 239 g/mol. The van der Waals surface area contributed by atoms with Gasteiger partial charge in [-0.25, -0.2) is 0 Å². The first kappa shape index (κ1) is 13.3. The molecule has 2 heterocycles. The molecule has 0 aromatic rings. The Morgan fingerprint density at radius 3 is 2.71 bits per heavy atom. The van der Waals surface area contributed by atoms with Crippen LogP contribution in [0.1, 0.15) is 38.5 Å². The summed E-state index contributed by atoms with van der Waals surface area (Å²) >= 11 is 0. The molecule has 0 saturated carbocycles. The van der Waals surface area contributed by atoms with Crippen LogP contribution in [0.15, 0.2) is 0 Å². The van der Waals surface area contributed by atoms with Crippen molar-refractivity contribution in [3.05, 3.63) is 0 Å². The minimum atomic E-state index is 0.848. The van der Waals surface area contributed by atoms with Gasteiger partial charge in [0.15, 0.2) is 0 Å². The Kier molecular flexibility index (Phi) is 5.26. The number of nitrogens with zero attached hydrogens (tertiary/aromatic N) is 2. The fourth-order valence-electron chi connectivity index (χ4n) is 3.49. The Bertz CT molecular complexity index is 218. The minimum Gasteiger partial charge on any atom is -0.330 e. The van der Waals surface area contributed by atoms with Gasteiger partial charge in [-0.3, -0.25) is 0 Å². The highest BCUT2D eigenvalue weighted by molar-refractivity contribution is 4.82. The van der Waals surface area contributed by atoms with Crippen molar-refractivity contribution in [3.63, 3.8) is 0 Å². The van der Waals surface area contributed by atoms with E-state index in [9.17, 15) is 0 Å². The van der Waals surface area contributed by atoms with Gasteiger partial charge in [0, 0.05) is 12.6 Å². The maximum Gasteiger partial charge on any atom is 0.0108 e. The molecule has 0 amide bonds. The van der Waals surface area contributed by atoms with Gasteiger partial charge < -0.3 is 15.5 Å². The van der Waals surface area contributed by atoms with Crippen molar-refractivity contribution in [3.8, 4) is 0 Å². The third-order valence-electron chi connectivity index (χ3n) is 4.56. The van der Waals surface area contributed by atoms with Gasteiger partial charge in [0.2, 0.25) is 0 Å². The molecule has 0 aliphatic carbocycles. The van der Waals surface area contributed by atoms with Crippen molar-refractivity contribution in [1.82, 2.24) is 9.80 Å². The van der Waals surface area contributed by atoms with E-state index in [1.54, 1.807) is 0 Å². The Morgan fingerprint density at radius 2 is 1.88 bits per heavy atom. The van der Waals surface area contributed by atoms with E-state index in [4.69, 9.17) is 5.73 Å². The van der Waals surface area contributed by atoms with E-state index in [1.807, 2.05) is 0 Å². The second-order valence-corrected chi connectivity index (χ2v) is 5.97. The first-order chi connectivity index (χ1) is 8.29. The molecular formula is C14H29N3. The van der Waals surface area contributed by atoms with Crippen molar-refractivity contribution in [2.45, 2.75) is 44.6 Å². The molecule has 2 saturated heterocycles. The Morgan fingerprint density at radius 1 is 1.06 bits per heavy atom. The summed E-state index contributed by atoms with van der Waals surface area (Å²) < 4.78 is 0. The molecular weight excluding hydrogens is 210 g/mol. The first-order valence-electron chi connectivity index (χ1n) is 7.42. The average molecular weight is 239 g/mol. The molecule has 2 atom stereocenters. The Labute approximate surface area is 106 Å². The van der Waals surface area contributed by atoms with E-state index < -0.39 is 0 Å². The third-order valence-corrected chi connectivity index (χ3v) is 4.56. The molecule has 17 heavy (non-hydrogen) atoms. The molecule has 100 valence electrons. The van der Waals surface area contributed by atoms with Crippen molar-refractivity contribution in [2.75, 3.05) is 39.8 Å². The lowest BCUT2D eigenvalue weighted by molar-refractivity contribution is 0.110. The summed E-state index contributed by atoms with van der Waals surface area (Å²) in [5.41, 5.74) is 5.70. The van der Waals surface area contributed by atoms with Gasteiger partial charge in [0.1, 0.15) is 0 Å². The summed E-state index contributed by atoms with van der Waals surface area (Å²) in [6.07, 6.45) is 8.16. The molecule has 2 fully saturated rings. The van der Waals surface area contributed by atoms with Gasteiger partial charge in [-0.1, -0.05) is 0 Å². The standard InChI is InChI=1S/C14H29N3/c1-16-9-3-5-14(7-11-16)17-10-2-4-13(12-17)6-8-15/h13-14H,2-12,15H2,1H3. The van der Waals surface area contributed by atoms with Crippen LogP contribution in [0.2, 0.25) is 0 Å². The van der Waals surface area contributed by atoms with Crippen LogP contribution in [0.4, 0.5) is 0 Å². The van der Waals surface area contributed by atoms with E-state index in [0.29, 0.717) is 0 Å². The van der Waals surface area contributed by atoms with Gasteiger partial charge >= 0.3 is 0 Å². The van der Waals surface area contributed by atoms with Crippen LogP contribution >= 0.6 is 0 Å². The van der Waals surface area contributed by atoms with Crippen molar-refractivity contribution >= 4 is 0 Å². The van der Waals surface area contributed by atoms with Crippen LogP contribution < -0.4 is 5.73 Å². The molecule has 0 aromatic heterocycles. The molecule has 2 rings (SSSR count). The largest absolute Gasteiger partial charge is 0.330 e. The number of piperidine rings is 1. The second kappa shape index (κ2) is 6.72. The quantitative estimate of drug-likeness (QED) is 0.811. The minimum absolute atomic E-state index is 0.848. The molecule has 0 radical (unpaired) electrons. The summed E-state index contributed by atoms with van der Waals surface area (Å²) in [5, 5.41) is 0. The summed E-state index contributed by atoms with van der Waals surface area (Å²) in [5.74, 6) is 0.870. The lowest BCUT2D eigenvalue weighted by Crippen LogP contribution is -2.43. The van der Waals surface area contributed by atoms with Crippen LogP contribution in [0.5, 0.6) is 0 Å². The summed E-state index contributed by atoms with van der Waals surface area (Å²) in [4.78, 5) is 5.25. The normalized spacial score (nSPS) is 33.5. The zero-order valence-corrected chi connectivity index (χ0v) is 11.4. The van der Waals surface area contributed by atoms with Gasteiger partial charge in [-0.05, 0) is 77.7 Å². The van der Waals surface area contributed by atoms with E-state index in [2.05, 4.69) is 16.8 Å². The fraction of sp³-hybridized carbons (Fsp3) is 1.00. The van der Waals surface area contributed by atoms with Crippen LogP contribution in [-0.4, -0.2) is 55.6 Å². The van der Waals surface area contributed by atoms with Gasteiger partial charge in [-0.2, -0.15) is 0 Å². The van der Waals surface area contributed by atoms with Crippen LogP contribution in [0.25, 0.3) is 0 Å². The average Bonchev–Trinajstić information content (AvgIpc) is 2.55. The first-order valence-corrected chi connectivity index (χ1v) is 7.42. The summed E-state index contributed by atoms with van der Waals surface area (Å²) in [6, 6.07) is 0.848. The fourth-order valence-corrected chi connectivity index (χ4v) is 3.49. The summed E-state index contributed by atoms with van der Waals surface area (Å²) in [7, 11) is 2.26. The SMILES string of the molecule is CN1CCCC(N2CCCC(CCN)C2)CC1. The topological polar surface area (TPSA) is 32.5 Å². The highest BCUT2D eigenvalue weighted by Crippen LogP contribution is 2.24.